The number of halogens is 2. The molecule has 1 fully saturated rings. The fourth-order valence-corrected chi connectivity index (χ4v) is 17.0. The van der Waals surface area contributed by atoms with Crippen LogP contribution < -0.4 is 24.8 Å². The number of hydrogen-bond donors (Lipinski definition) is 0. The normalized spacial score (nSPS) is 18.6. The molecule has 0 radical (unpaired) electrons. The van der Waals surface area contributed by atoms with Crippen molar-refractivity contribution in [2.75, 3.05) is 0 Å². The van der Waals surface area contributed by atoms with Gasteiger partial charge in [0.1, 0.15) is 0 Å². The first-order valence-corrected chi connectivity index (χ1v) is 16.5. The quantitative estimate of drug-likeness (QED) is 0.449. The Labute approximate surface area is 230 Å². The van der Waals surface area contributed by atoms with Crippen LogP contribution in [-0.2, 0) is 21.3 Å². The van der Waals surface area contributed by atoms with E-state index in [1.807, 2.05) is 6.49 Å². The summed E-state index contributed by atoms with van der Waals surface area (Å²) in [5, 5.41) is 0. The average Bonchev–Trinajstić information content (AvgIpc) is 3.36. The first kappa shape index (κ1) is 26.5. The molecule has 0 bridgehead atoms. The molecule has 3 heteroatoms. The van der Waals surface area contributed by atoms with Crippen molar-refractivity contribution in [3.63, 3.8) is 0 Å². The molecule has 35 heavy (non-hydrogen) atoms. The molecular formula is C32H32Cl2Zr. The second-order valence-corrected chi connectivity index (χ2v) is 16.5. The Balaban J connectivity index is 0.00000144. The predicted octanol–water partition coefficient (Wildman–Crippen LogP) is 2.53. The molecule has 1 unspecified atom stereocenters. The fourth-order valence-electron chi connectivity index (χ4n) is 6.59. The number of hydrogen-bond acceptors (Lipinski definition) is 0. The van der Waals surface area contributed by atoms with Crippen molar-refractivity contribution >= 4 is 8.78 Å². The summed E-state index contributed by atoms with van der Waals surface area (Å²) >= 11 is -2.22. The first-order chi connectivity index (χ1) is 16.2. The van der Waals surface area contributed by atoms with Gasteiger partial charge in [0.15, 0.2) is 0 Å². The van der Waals surface area contributed by atoms with Gasteiger partial charge in [0, 0.05) is 0 Å². The van der Waals surface area contributed by atoms with Crippen molar-refractivity contribution in [3.8, 4) is 11.1 Å². The van der Waals surface area contributed by atoms with E-state index < -0.39 is 21.3 Å². The van der Waals surface area contributed by atoms with Crippen LogP contribution in [0.15, 0.2) is 93.8 Å². The van der Waals surface area contributed by atoms with Crippen LogP contribution in [0.2, 0.25) is 0 Å². The third-order valence-electron chi connectivity index (χ3n) is 8.02. The van der Waals surface area contributed by atoms with Crippen LogP contribution in [0.3, 0.4) is 0 Å². The predicted molar refractivity (Wildman–Crippen MR) is 138 cm³/mol. The summed E-state index contributed by atoms with van der Waals surface area (Å²) in [6.07, 6.45) is 9.54. The zero-order valence-corrected chi connectivity index (χ0v) is 24.5. The van der Waals surface area contributed by atoms with E-state index in [4.69, 9.17) is 0 Å². The van der Waals surface area contributed by atoms with Gasteiger partial charge in [0.2, 0.25) is 0 Å². The van der Waals surface area contributed by atoms with Gasteiger partial charge in [-0.15, -0.1) is 0 Å². The zero-order chi connectivity index (χ0) is 22.4. The van der Waals surface area contributed by atoms with Gasteiger partial charge >= 0.3 is 207 Å². The van der Waals surface area contributed by atoms with Crippen molar-refractivity contribution < 1.29 is 46.1 Å². The van der Waals surface area contributed by atoms with Crippen molar-refractivity contribution in [2.45, 2.75) is 49.6 Å². The molecule has 0 nitrogen and oxygen atoms in total. The van der Waals surface area contributed by atoms with Crippen molar-refractivity contribution in [2.24, 2.45) is 5.92 Å². The minimum Gasteiger partial charge on any atom is -1.00 e. The third-order valence-corrected chi connectivity index (χ3v) is 17.5. The molecule has 0 heterocycles. The molecule has 3 aliphatic rings. The van der Waals surface area contributed by atoms with Gasteiger partial charge in [0.25, 0.3) is 0 Å². The molecule has 178 valence electrons. The fraction of sp³-hybridized carbons (Fsp3) is 0.281. The summed E-state index contributed by atoms with van der Waals surface area (Å²) < 4.78 is 4.48. The van der Waals surface area contributed by atoms with Crippen molar-refractivity contribution in [3.05, 3.63) is 110 Å². The molecule has 1 atom stereocenters. The Morgan fingerprint density at radius 2 is 1.23 bits per heavy atom. The molecule has 0 N–H and O–H groups in total. The SMILES string of the molecule is CC1=[C]([Zr+2](=[C]2CCCCC2)[CH]2c3ccccc3-c3ccccc32)C(C)C=C1c1ccccc1.[Cl-].[Cl-]. The van der Waals surface area contributed by atoms with Gasteiger partial charge < -0.3 is 24.8 Å². The average molecular weight is 579 g/mol. The van der Waals surface area contributed by atoms with Gasteiger partial charge in [-0.25, -0.2) is 0 Å². The second-order valence-electron chi connectivity index (χ2n) is 9.96. The van der Waals surface area contributed by atoms with E-state index in [2.05, 4.69) is 98.8 Å². The third kappa shape index (κ3) is 4.66. The van der Waals surface area contributed by atoms with Gasteiger partial charge in [-0.05, 0) is 0 Å². The van der Waals surface area contributed by atoms with E-state index in [1.165, 1.54) is 54.4 Å². The van der Waals surface area contributed by atoms with Crippen molar-refractivity contribution in [1.29, 1.82) is 0 Å². The number of benzene rings is 3. The van der Waals surface area contributed by atoms with E-state index >= 15 is 0 Å². The molecule has 1 saturated carbocycles. The van der Waals surface area contributed by atoms with Crippen LogP contribution in [0.25, 0.3) is 16.7 Å². The Morgan fingerprint density at radius 1 is 0.686 bits per heavy atom. The van der Waals surface area contributed by atoms with Crippen LogP contribution in [0.5, 0.6) is 0 Å². The van der Waals surface area contributed by atoms with Crippen LogP contribution in [0, 0.1) is 5.92 Å². The molecular weight excluding hydrogens is 546 g/mol. The Morgan fingerprint density at radius 3 is 1.83 bits per heavy atom. The van der Waals surface area contributed by atoms with E-state index in [0.717, 1.165) is 0 Å². The molecule has 3 aliphatic carbocycles. The first-order valence-electron chi connectivity index (χ1n) is 12.6. The summed E-state index contributed by atoms with van der Waals surface area (Å²) in [5.74, 6) is 0.559. The second kappa shape index (κ2) is 11.2. The van der Waals surface area contributed by atoms with Gasteiger partial charge in [-0.2, -0.15) is 0 Å². The molecule has 0 amide bonds. The van der Waals surface area contributed by atoms with E-state index in [9.17, 15) is 0 Å². The summed E-state index contributed by atoms with van der Waals surface area (Å²) in [4.78, 5) is 0. The maximum absolute atomic E-state index is 2.58. The minimum absolute atomic E-state index is 0. The van der Waals surface area contributed by atoms with Gasteiger partial charge in [-0.3, -0.25) is 0 Å². The molecule has 0 spiro atoms. The Kier molecular flexibility index (Phi) is 8.53. The van der Waals surface area contributed by atoms with Crippen LogP contribution in [-0.4, -0.2) is 3.21 Å². The Bertz CT molecular complexity index is 1260. The molecule has 3 aromatic carbocycles. The summed E-state index contributed by atoms with van der Waals surface area (Å²) in [7, 11) is 0. The number of fused-ring (bicyclic) bond motifs is 3. The minimum atomic E-state index is -2.22. The molecule has 6 rings (SSSR count). The molecule has 0 saturated heterocycles. The largest absolute Gasteiger partial charge is 1.00 e. The summed E-state index contributed by atoms with van der Waals surface area (Å²) in [5.41, 5.74) is 10.7. The van der Waals surface area contributed by atoms with E-state index in [0.29, 0.717) is 9.54 Å². The Hall–Kier alpha value is -1.53. The zero-order valence-electron chi connectivity index (χ0n) is 20.5. The molecule has 0 aromatic heterocycles. The number of rotatable bonds is 3. The van der Waals surface area contributed by atoms with E-state index in [-0.39, 0.29) is 24.8 Å². The maximum Gasteiger partial charge on any atom is -1.00 e. The topological polar surface area (TPSA) is 0 Å². The molecule has 3 aromatic rings. The van der Waals surface area contributed by atoms with Gasteiger partial charge in [0.05, 0.1) is 0 Å². The van der Waals surface area contributed by atoms with E-state index in [1.54, 1.807) is 16.7 Å². The monoisotopic (exact) mass is 576 g/mol. The smallest absolute Gasteiger partial charge is 1.00 e. The van der Waals surface area contributed by atoms with Gasteiger partial charge in [-0.1, -0.05) is 0 Å². The van der Waals surface area contributed by atoms with Crippen LogP contribution >= 0.6 is 0 Å². The standard InChI is InChI=1S/C13H9.C13H13.C6H10.2ClH.Zr/c1-3-7-12-10(5-1)9-11-6-2-4-8-13(11)12;1-10-8-11(2)13(9-10)12-6-4-3-5-7-12;1-2-4-6-5-3-1;;;/h1-9H;3-7,9-10H,1-2H3;1-5H2;2*1H;/q;;;;;+2/p-2. The van der Waals surface area contributed by atoms with Crippen LogP contribution in [0.4, 0.5) is 0 Å². The number of allylic oxidation sites excluding steroid dienone is 4. The maximum atomic E-state index is 2.58. The van der Waals surface area contributed by atoms with Crippen molar-refractivity contribution in [1.82, 2.24) is 0 Å². The van der Waals surface area contributed by atoms with Crippen LogP contribution in [0.1, 0.15) is 66.3 Å². The summed E-state index contributed by atoms with van der Waals surface area (Å²) in [6.45, 7) is 4.92. The molecule has 0 aliphatic heterocycles. The summed E-state index contributed by atoms with van der Waals surface area (Å²) in [6, 6.07) is 29.7.